The molecule has 0 saturated carbocycles. The van der Waals surface area contributed by atoms with Gasteiger partial charge in [-0.1, -0.05) is 28.1 Å². The Balaban J connectivity index is 2.61. The Kier molecular flexibility index (Phi) is 3.84. The summed E-state index contributed by atoms with van der Waals surface area (Å²) in [5.41, 5.74) is 7.34. The summed E-state index contributed by atoms with van der Waals surface area (Å²) < 4.78 is 0.925. The van der Waals surface area contributed by atoms with Gasteiger partial charge in [0.1, 0.15) is 5.82 Å². The number of allylic oxidation sites excluding steroid dienone is 2. The second kappa shape index (κ2) is 5.40. The predicted octanol–water partition coefficient (Wildman–Crippen LogP) is 2.49. The minimum Gasteiger partial charge on any atom is -0.384 e. The molecule has 4 nitrogen and oxygen atoms in total. The third kappa shape index (κ3) is 2.46. The van der Waals surface area contributed by atoms with E-state index in [0.29, 0.717) is 16.2 Å². The topological polar surface area (TPSA) is 85.6 Å². The summed E-state index contributed by atoms with van der Waals surface area (Å²) in [4.78, 5) is 0. The van der Waals surface area contributed by atoms with Gasteiger partial charge in [0.2, 0.25) is 0 Å². The monoisotopic (exact) mass is 332 g/mol. The number of hydrogen-bond acceptors (Lipinski definition) is 5. The van der Waals surface area contributed by atoms with Crippen molar-refractivity contribution in [3.05, 3.63) is 56.3 Å². The minimum absolute atomic E-state index is 0.236. The summed E-state index contributed by atoms with van der Waals surface area (Å²) in [6.07, 6.45) is 0. The number of halogens is 1. The molecular formula is C13H9BrN4S. The highest BCUT2D eigenvalue weighted by Gasteiger charge is 2.30. The van der Waals surface area contributed by atoms with Crippen molar-refractivity contribution in [1.29, 1.82) is 10.5 Å². The van der Waals surface area contributed by atoms with Crippen LogP contribution in [0.5, 0.6) is 0 Å². The van der Waals surface area contributed by atoms with E-state index in [1.165, 1.54) is 0 Å². The molecule has 6 heteroatoms. The zero-order valence-electron chi connectivity index (χ0n) is 9.68. The quantitative estimate of drug-likeness (QED) is 0.689. The van der Waals surface area contributed by atoms with Crippen LogP contribution in [0.2, 0.25) is 0 Å². The molecule has 1 heterocycles. The van der Waals surface area contributed by atoms with Crippen molar-refractivity contribution in [2.24, 2.45) is 5.73 Å². The molecular weight excluding hydrogens is 324 g/mol. The standard InChI is InChI=1S/C13H9BrN4S/c14-8-3-1-7(2-4-8)11-9(5-15)12(17)18-13(19)10(11)6-16/h1-4,11,18-19H,17H2. The first-order valence-electron chi connectivity index (χ1n) is 5.34. The maximum absolute atomic E-state index is 9.27. The second-order valence-corrected chi connectivity index (χ2v) is 5.29. The normalized spacial score (nSPS) is 18.6. The molecule has 1 aromatic rings. The van der Waals surface area contributed by atoms with Crippen LogP contribution in [0.15, 0.2) is 50.7 Å². The summed E-state index contributed by atoms with van der Waals surface area (Å²) in [6, 6.07) is 11.6. The molecule has 1 aliphatic heterocycles. The lowest BCUT2D eigenvalue weighted by molar-refractivity contribution is 0.841. The molecule has 19 heavy (non-hydrogen) atoms. The first-order chi connectivity index (χ1) is 9.08. The Morgan fingerprint density at radius 2 is 1.74 bits per heavy atom. The minimum atomic E-state index is -0.475. The van der Waals surface area contributed by atoms with E-state index in [4.69, 9.17) is 5.73 Å². The molecule has 1 unspecified atom stereocenters. The van der Waals surface area contributed by atoms with Crippen molar-refractivity contribution < 1.29 is 0 Å². The number of dihydropyridines is 1. The van der Waals surface area contributed by atoms with E-state index in [-0.39, 0.29) is 5.82 Å². The Hall–Kier alpha value is -1.89. The molecule has 0 fully saturated rings. The number of nitriles is 2. The van der Waals surface area contributed by atoms with Gasteiger partial charge in [-0.15, -0.1) is 12.6 Å². The van der Waals surface area contributed by atoms with Crippen LogP contribution in [0.4, 0.5) is 0 Å². The zero-order chi connectivity index (χ0) is 14.0. The van der Waals surface area contributed by atoms with Crippen LogP contribution in [-0.2, 0) is 0 Å². The lowest BCUT2D eigenvalue weighted by Crippen LogP contribution is -2.28. The highest BCUT2D eigenvalue weighted by atomic mass is 79.9. The van der Waals surface area contributed by atoms with Crippen LogP contribution < -0.4 is 11.1 Å². The highest BCUT2D eigenvalue weighted by molar-refractivity contribution is 9.10. The lowest BCUT2D eigenvalue weighted by Gasteiger charge is -2.25. The van der Waals surface area contributed by atoms with E-state index < -0.39 is 5.92 Å². The van der Waals surface area contributed by atoms with Gasteiger partial charge < -0.3 is 11.1 Å². The summed E-state index contributed by atoms with van der Waals surface area (Å²) in [6.45, 7) is 0. The van der Waals surface area contributed by atoms with Crippen molar-refractivity contribution in [3.8, 4) is 12.1 Å². The predicted molar refractivity (Wildman–Crippen MR) is 78.5 cm³/mol. The SMILES string of the molecule is N#CC1=C(N)NC(S)=C(C#N)C1c1ccc(Br)cc1. The third-order valence-electron chi connectivity index (χ3n) is 2.82. The van der Waals surface area contributed by atoms with Crippen LogP contribution in [0.3, 0.4) is 0 Å². The number of nitrogens with one attached hydrogen (secondary N) is 1. The van der Waals surface area contributed by atoms with Crippen LogP contribution in [0.25, 0.3) is 0 Å². The molecule has 0 saturated heterocycles. The van der Waals surface area contributed by atoms with E-state index in [1.54, 1.807) is 0 Å². The van der Waals surface area contributed by atoms with Gasteiger partial charge in [-0.3, -0.25) is 0 Å². The molecule has 1 aromatic carbocycles. The Labute approximate surface area is 124 Å². The van der Waals surface area contributed by atoms with Gasteiger partial charge in [-0.05, 0) is 17.7 Å². The first-order valence-corrected chi connectivity index (χ1v) is 6.58. The summed E-state index contributed by atoms with van der Waals surface area (Å²) in [5, 5.41) is 21.6. The molecule has 0 bridgehead atoms. The van der Waals surface area contributed by atoms with Gasteiger partial charge in [-0.2, -0.15) is 10.5 Å². The maximum atomic E-state index is 9.27. The van der Waals surface area contributed by atoms with E-state index in [9.17, 15) is 10.5 Å². The van der Waals surface area contributed by atoms with E-state index in [2.05, 4.69) is 46.0 Å². The average molecular weight is 333 g/mol. The second-order valence-electron chi connectivity index (χ2n) is 3.92. The fourth-order valence-corrected chi connectivity index (χ4v) is 2.49. The van der Waals surface area contributed by atoms with Crippen LogP contribution >= 0.6 is 28.6 Å². The van der Waals surface area contributed by atoms with E-state index >= 15 is 0 Å². The van der Waals surface area contributed by atoms with E-state index in [1.807, 2.05) is 24.3 Å². The fourth-order valence-electron chi connectivity index (χ4n) is 1.93. The molecule has 0 spiro atoms. The van der Waals surface area contributed by atoms with Crippen molar-refractivity contribution in [2.75, 3.05) is 0 Å². The number of thiol groups is 1. The Bertz CT molecular complexity index is 625. The van der Waals surface area contributed by atoms with Crippen molar-refractivity contribution in [2.45, 2.75) is 5.92 Å². The number of rotatable bonds is 1. The Morgan fingerprint density at radius 1 is 1.16 bits per heavy atom. The molecule has 2 rings (SSSR count). The molecule has 3 N–H and O–H groups in total. The summed E-state index contributed by atoms with van der Waals surface area (Å²) in [5.74, 6) is -0.240. The van der Waals surface area contributed by atoms with E-state index in [0.717, 1.165) is 10.0 Å². The summed E-state index contributed by atoms with van der Waals surface area (Å²) >= 11 is 7.57. The highest BCUT2D eigenvalue weighted by Crippen LogP contribution is 2.37. The van der Waals surface area contributed by atoms with Gasteiger partial charge in [0, 0.05) is 4.47 Å². The van der Waals surface area contributed by atoms with Gasteiger partial charge in [0.25, 0.3) is 0 Å². The number of benzene rings is 1. The molecule has 0 radical (unpaired) electrons. The number of hydrogen-bond donors (Lipinski definition) is 3. The fraction of sp³-hybridized carbons (Fsp3) is 0.0769. The number of nitrogens with two attached hydrogens (primary N) is 1. The zero-order valence-corrected chi connectivity index (χ0v) is 12.2. The first kappa shape index (κ1) is 13.5. The molecule has 1 aliphatic rings. The van der Waals surface area contributed by atoms with Crippen molar-refractivity contribution >= 4 is 28.6 Å². The molecule has 0 aromatic heterocycles. The smallest absolute Gasteiger partial charge is 0.116 e. The van der Waals surface area contributed by atoms with Crippen molar-refractivity contribution in [1.82, 2.24) is 5.32 Å². The molecule has 0 aliphatic carbocycles. The maximum Gasteiger partial charge on any atom is 0.116 e. The average Bonchev–Trinajstić information content (AvgIpc) is 2.39. The molecule has 94 valence electrons. The van der Waals surface area contributed by atoms with Gasteiger partial charge in [0.15, 0.2) is 0 Å². The van der Waals surface area contributed by atoms with Gasteiger partial charge in [-0.25, -0.2) is 0 Å². The largest absolute Gasteiger partial charge is 0.384 e. The lowest BCUT2D eigenvalue weighted by atomic mass is 9.84. The van der Waals surface area contributed by atoms with Crippen molar-refractivity contribution in [3.63, 3.8) is 0 Å². The van der Waals surface area contributed by atoms with Crippen LogP contribution in [0.1, 0.15) is 11.5 Å². The van der Waals surface area contributed by atoms with Crippen LogP contribution in [0, 0.1) is 22.7 Å². The van der Waals surface area contributed by atoms with Crippen LogP contribution in [-0.4, -0.2) is 0 Å². The van der Waals surface area contributed by atoms with Gasteiger partial charge >= 0.3 is 0 Å². The molecule has 0 amide bonds. The third-order valence-corrected chi connectivity index (χ3v) is 3.70. The molecule has 1 atom stereocenters. The Morgan fingerprint density at radius 3 is 2.26 bits per heavy atom. The van der Waals surface area contributed by atoms with Gasteiger partial charge in [0.05, 0.1) is 34.2 Å². The number of nitrogens with zero attached hydrogens (tertiary/aromatic N) is 2. The summed E-state index contributed by atoms with van der Waals surface area (Å²) in [7, 11) is 0.